The molecule has 3 aromatic rings. The van der Waals surface area contributed by atoms with Crippen LogP contribution in [0.4, 0.5) is 10.1 Å². The molecule has 0 bridgehead atoms. The lowest BCUT2D eigenvalue weighted by molar-refractivity contribution is 0.0747. The van der Waals surface area contributed by atoms with Gasteiger partial charge in [0.25, 0.3) is 5.91 Å². The quantitative estimate of drug-likeness (QED) is 0.729. The number of carbonyl (C=O) groups is 1. The molecule has 0 unspecified atom stereocenters. The molecule has 132 valence electrons. The Kier molecular flexibility index (Phi) is 4.39. The second kappa shape index (κ2) is 7.00. The molecule has 0 atom stereocenters. The molecule has 2 heterocycles. The molecule has 0 radical (unpaired) electrons. The van der Waals surface area contributed by atoms with Gasteiger partial charge in [0.2, 0.25) is 0 Å². The highest BCUT2D eigenvalue weighted by Gasteiger charge is 2.22. The van der Waals surface area contributed by atoms with E-state index in [4.69, 9.17) is 0 Å². The fraction of sp³-hybridized carbons (Fsp3) is 0.200. The zero-order valence-corrected chi connectivity index (χ0v) is 14.3. The molecule has 0 saturated carbocycles. The van der Waals surface area contributed by atoms with Crippen molar-refractivity contribution in [3.63, 3.8) is 0 Å². The molecule has 1 aromatic heterocycles. The number of halogens is 1. The summed E-state index contributed by atoms with van der Waals surface area (Å²) in [5, 5.41) is 0. The number of rotatable bonds is 3. The Balaban J connectivity index is 1.39. The summed E-state index contributed by atoms with van der Waals surface area (Å²) in [6, 6.07) is 14.0. The number of amides is 1. The van der Waals surface area contributed by atoms with Crippen LogP contribution < -0.4 is 4.90 Å². The van der Waals surface area contributed by atoms with Gasteiger partial charge in [-0.05, 0) is 48.5 Å². The van der Waals surface area contributed by atoms with Gasteiger partial charge in [-0.3, -0.25) is 4.79 Å². The van der Waals surface area contributed by atoms with Crippen LogP contribution in [0.5, 0.6) is 0 Å². The monoisotopic (exact) mass is 350 g/mol. The number of benzene rings is 2. The van der Waals surface area contributed by atoms with Gasteiger partial charge in [0.1, 0.15) is 5.82 Å². The molecule has 1 amide bonds. The lowest BCUT2D eigenvalue weighted by Crippen LogP contribution is -2.48. The van der Waals surface area contributed by atoms with Crippen LogP contribution in [0.2, 0.25) is 0 Å². The Hall–Kier alpha value is -3.15. The first-order chi connectivity index (χ1) is 12.7. The Labute approximate surface area is 151 Å². The number of hydrogen-bond donors (Lipinski definition) is 0. The average molecular weight is 350 g/mol. The molecule has 4 rings (SSSR count). The first-order valence-electron chi connectivity index (χ1n) is 8.59. The van der Waals surface area contributed by atoms with Gasteiger partial charge in [0.15, 0.2) is 0 Å². The summed E-state index contributed by atoms with van der Waals surface area (Å²) in [6.07, 6.45) is 5.32. The minimum Gasteiger partial charge on any atom is -0.368 e. The first kappa shape index (κ1) is 16.3. The van der Waals surface area contributed by atoms with Crippen LogP contribution in [0.1, 0.15) is 10.4 Å². The smallest absolute Gasteiger partial charge is 0.253 e. The van der Waals surface area contributed by atoms with Crippen molar-refractivity contribution in [2.75, 3.05) is 31.1 Å². The summed E-state index contributed by atoms with van der Waals surface area (Å²) in [5.74, 6) is -0.192. The molecule has 0 spiro atoms. The van der Waals surface area contributed by atoms with E-state index in [0.717, 1.165) is 24.5 Å². The summed E-state index contributed by atoms with van der Waals surface area (Å²) in [7, 11) is 0. The maximum atomic E-state index is 13.1. The van der Waals surface area contributed by atoms with Crippen molar-refractivity contribution >= 4 is 11.6 Å². The van der Waals surface area contributed by atoms with E-state index in [1.165, 1.54) is 12.1 Å². The van der Waals surface area contributed by atoms with Crippen LogP contribution >= 0.6 is 0 Å². The van der Waals surface area contributed by atoms with Crippen LogP contribution in [0, 0.1) is 5.82 Å². The highest BCUT2D eigenvalue weighted by atomic mass is 19.1. The van der Waals surface area contributed by atoms with Crippen LogP contribution in [0.3, 0.4) is 0 Å². The predicted molar refractivity (Wildman–Crippen MR) is 98.1 cm³/mol. The fourth-order valence-corrected chi connectivity index (χ4v) is 3.19. The van der Waals surface area contributed by atoms with Crippen LogP contribution in [-0.4, -0.2) is 46.5 Å². The van der Waals surface area contributed by atoms with Crippen molar-refractivity contribution in [3.05, 3.63) is 78.6 Å². The van der Waals surface area contributed by atoms with E-state index in [1.54, 1.807) is 24.7 Å². The van der Waals surface area contributed by atoms with Gasteiger partial charge in [-0.2, -0.15) is 0 Å². The van der Waals surface area contributed by atoms with Crippen molar-refractivity contribution in [1.29, 1.82) is 0 Å². The summed E-state index contributed by atoms with van der Waals surface area (Å²) in [6.45, 7) is 2.79. The normalized spacial score (nSPS) is 14.5. The molecule has 1 aliphatic heterocycles. The van der Waals surface area contributed by atoms with E-state index in [0.29, 0.717) is 18.7 Å². The molecule has 26 heavy (non-hydrogen) atoms. The van der Waals surface area contributed by atoms with Crippen LogP contribution in [-0.2, 0) is 0 Å². The van der Waals surface area contributed by atoms with Crippen molar-refractivity contribution < 1.29 is 9.18 Å². The lowest BCUT2D eigenvalue weighted by atomic mass is 10.1. The van der Waals surface area contributed by atoms with Gasteiger partial charge in [-0.25, -0.2) is 9.37 Å². The highest BCUT2D eigenvalue weighted by Crippen LogP contribution is 2.18. The second-order valence-electron chi connectivity index (χ2n) is 6.27. The van der Waals surface area contributed by atoms with Crippen molar-refractivity contribution in [1.82, 2.24) is 14.5 Å². The van der Waals surface area contributed by atoms with Crippen LogP contribution in [0.15, 0.2) is 67.3 Å². The third-order valence-corrected chi connectivity index (χ3v) is 4.68. The number of hydrogen-bond acceptors (Lipinski definition) is 3. The summed E-state index contributed by atoms with van der Waals surface area (Å²) in [5.41, 5.74) is 2.65. The zero-order valence-electron chi connectivity index (χ0n) is 14.3. The summed E-state index contributed by atoms with van der Waals surface area (Å²) >= 11 is 0. The molecular formula is C20H19FN4O. The van der Waals surface area contributed by atoms with Gasteiger partial charge >= 0.3 is 0 Å². The van der Waals surface area contributed by atoms with E-state index < -0.39 is 0 Å². The minimum absolute atomic E-state index is 0.0425. The van der Waals surface area contributed by atoms with E-state index >= 15 is 0 Å². The molecule has 0 aliphatic carbocycles. The van der Waals surface area contributed by atoms with Gasteiger partial charge in [0.05, 0.1) is 6.33 Å². The first-order valence-corrected chi connectivity index (χ1v) is 8.59. The van der Waals surface area contributed by atoms with Crippen molar-refractivity contribution in [2.45, 2.75) is 0 Å². The number of aromatic nitrogens is 2. The second-order valence-corrected chi connectivity index (χ2v) is 6.27. The number of carbonyl (C=O) groups excluding carboxylic acids is 1. The third-order valence-electron chi connectivity index (χ3n) is 4.68. The highest BCUT2D eigenvalue weighted by molar-refractivity contribution is 5.94. The van der Waals surface area contributed by atoms with Gasteiger partial charge in [-0.15, -0.1) is 0 Å². The van der Waals surface area contributed by atoms with Crippen molar-refractivity contribution in [3.8, 4) is 5.69 Å². The number of anilines is 1. The van der Waals surface area contributed by atoms with Gasteiger partial charge < -0.3 is 14.4 Å². The standard InChI is InChI=1S/C20H19FN4O/c21-17-3-7-18(8-4-17)23-11-13-24(14-12-23)20(26)16-1-5-19(6-2-16)25-10-9-22-15-25/h1-10,15H,11-14H2. The summed E-state index contributed by atoms with van der Waals surface area (Å²) < 4.78 is 14.9. The molecule has 5 nitrogen and oxygen atoms in total. The number of nitrogens with zero attached hydrogens (tertiary/aromatic N) is 4. The third kappa shape index (κ3) is 3.31. The van der Waals surface area contributed by atoms with Gasteiger partial charge in [0, 0.05) is 55.5 Å². The van der Waals surface area contributed by atoms with E-state index in [-0.39, 0.29) is 11.7 Å². The average Bonchev–Trinajstić information content (AvgIpc) is 3.23. The molecular weight excluding hydrogens is 331 g/mol. The zero-order chi connectivity index (χ0) is 17.9. The Bertz CT molecular complexity index is 867. The largest absolute Gasteiger partial charge is 0.368 e. The van der Waals surface area contributed by atoms with Gasteiger partial charge in [-0.1, -0.05) is 0 Å². The maximum absolute atomic E-state index is 13.1. The van der Waals surface area contributed by atoms with Crippen LogP contribution in [0.25, 0.3) is 5.69 Å². The molecule has 2 aromatic carbocycles. The molecule has 1 aliphatic rings. The van der Waals surface area contributed by atoms with Crippen molar-refractivity contribution in [2.24, 2.45) is 0 Å². The fourth-order valence-electron chi connectivity index (χ4n) is 3.19. The van der Waals surface area contributed by atoms with E-state index in [2.05, 4.69) is 9.88 Å². The van der Waals surface area contributed by atoms with E-state index in [9.17, 15) is 9.18 Å². The molecule has 1 fully saturated rings. The number of imidazole rings is 1. The van der Waals surface area contributed by atoms with E-state index in [1.807, 2.05) is 39.9 Å². The predicted octanol–water partition coefficient (Wildman–Crippen LogP) is 2.97. The SMILES string of the molecule is O=C(c1ccc(-n2ccnc2)cc1)N1CCN(c2ccc(F)cc2)CC1. The lowest BCUT2D eigenvalue weighted by Gasteiger charge is -2.36. The molecule has 6 heteroatoms. The Morgan fingerprint density at radius 2 is 1.54 bits per heavy atom. The number of piperazine rings is 1. The summed E-state index contributed by atoms with van der Waals surface area (Å²) in [4.78, 5) is 20.8. The molecule has 0 N–H and O–H groups in total. The topological polar surface area (TPSA) is 41.4 Å². The maximum Gasteiger partial charge on any atom is 0.253 e. The minimum atomic E-state index is -0.235. The Morgan fingerprint density at radius 3 is 2.15 bits per heavy atom. The Morgan fingerprint density at radius 1 is 0.885 bits per heavy atom. The molecule has 1 saturated heterocycles.